The van der Waals surface area contributed by atoms with E-state index in [0.29, 0.717) is 6.04 Å². The second-order valence-corrected chi connectivity index (χ2v) is 8.55. The zero-order valence-corrected chi connectivity index (χ0v) is 16.8. The summed E-state index contributed by atoms with van der Waals surface area (Å²) in [4.78, 5) is 9.91. The molecule has 1 N–H and O–H groups in total. The maximum absolute atomic E-state index is 9.46. The molecule has 5 heteroatoms. The molecule has 1 aromatic heterocycles. The lowest BCUT2D eigenvalue weighted by Gasteiger charge is -2.41. The smallest absolute Gasteiger partial charge is 0.107 e. The lowest BCUT2D eigenvalue weighted by Crippen LogP contribution is -2.53. The fourth-order valence-corrected chi connectivity index (χ4v) is 4.40. The summed E-state index contributed by atoms with van der Waals surface area (Å²) in [5.41, 5.74) is 2.26. The Bertz CT molecular complexity index is 658. The van der Waals surface area contributed by atoms with Crippen LogP contribution >= 0.6 is 11.3 Å². The number of hydrogen-bond donors (Lipinski definition) is 1. The van der Waals surface area contributed by atoms with Crippen molar-refractivity contribution in [1.82, 2.24) is 14.8 Å². The number of aliphatic hydroxyl groups excluding tert-OH is 1. The van der Waals surface area contributed by atoms with Crippen molar-refractivity contribution >= 4 is 11.3 Å². The molecule has 1 saturated heterocycles. The van der Waals surface area contributed by atoms with Crippen LogP contribution in [0.2, 0.25) is 0 Å². The largest absolute Gasteiger partial charge is 0.396 e. The minimum atomic E-state index is 0.270. The molecule has 3 rings (SSSR count). The first kappa shape index (κ1) is 19.5. The molecule has 142 valence electrons. The molecule has 1 atom stereocenters. The van der Waals surface area contributed by atoms with Gasteiger partial charge in [0.25, 0.3) is 0 Å². The van der Waals surface area contributed by atoms with Crippen LogP contribution in [0, 0.1) is 5.92 Å². The number of nitrogens with zero attached hydrogens (tertiary/aromatic N) is 3. The van der Waals surface area contributed by atoms with Crippen LogP contribution in [-0.2, 0) is 6.54 Å². The van der Waals surface area contributed by atoms with Crippen LogP contribution in [0.25, 0.3) is 11.3 Å². The average Bonchev–Trinajstić information content (AvgIpc) is 3.10. The van der Waals surface area contributed by atoms with Crippen LogP contribution < -0.4 is 0 Å². The molecule has 1 aliphatic heterocycles. The average molecular weight is 374 g/mol. The third-order valence-electron chi connectivity index (χ3n) is 5.12. The standard InChI is InChI=1S/C21H31N3OS/c1-17(2)8-10-24-12-11-23(14-19(24)9-13-25)15-21-22-20(16-26-21)18-6-4-3-5-7-18/h3-7,16-17,19,25H,8-15H2,1-2H3/t19-/m1/s1. The van der Waals surface area contributed by atoms with Crippen LogP contribution in [0.1, 0.15) is 31.7 Å². The molecule has 1 aromatic carbocycles. The third-order valence-corrected chi connectivity index (χ3v) is 5.96. The minimum absolute atomic E-state index is 0.270. The Hall–Kier alpha value is -1.27. The van der Waals surface area contributed by atoms with E-state index >= 15 is 0 Å². The zero-order chi connectivity index (χ0) is 18.4. The molecule has 4 nitrogen and oxygen atoms in total. The van der Waals surface area contributed by atoms with E-state index < -0.39 is 0 Å². The summed E-state index contributed by atoms with van der Waals surface area (Å²) in [5, 5.41) is 12.8. The molecule has 26 heavy (non-hydrogen) atoms. The Morgan fingerprint density at radius 3 is 2.77 bits per heavy atom. The van der Waals surface area contributed by atoms with Gasteiger partial charge in [0.1, 0.15) is 5.01 Å². The number of thiazole rings is 1. The van der Waals surface area contributed by atoms with Crippen LogP contribution in [0.4, 0.5) is 0 Å². The highest BCUT2D eigenvalue weighted by atomic mass is 32.1. The summed E-state index contributed by atoms with van der Waals surface area (Å²) < 4.78 is 0. The summed E-state index contributed by atoms with van der Waals surface area (Å²) >= 11 is 1.75. The van der Waals surface area contributed by atoms with Gasteiger partial charge < -0.3 is 5.11 Å². The predicted molar refractivity (Wildman–Crippen MR) is 109 cm³/mol. The second-order valence-electron chi connectivity index (χ2n) is 7.61. The molecule has 0 bridgehead atoms. The molecule has 1 fully saturated rings. The van der Waals surface area contributed by atoms with Crippen LogP contribution in [0.3, 0.4) is 0 Å². The number of hydrogen-bond acceptors (Lipinski definition) is 5. The second kappa shape index (κ2) is 9.60. The van der Waals surface area contributed by atoms with Gasteiger partial charge in [-0.1, -0.05) is 44.2 Å². The maximum atomic E-state index is 9.46. The Morgan fingerprint density at radius 1 is 1.23 bits per heavy atom. The van der Waals surface area contributed by atoms with Gasteiger partial charge in [-0.25, -0.2) is 4.98 Å². The summed E-state index contributed by atoms with van der Waals surface area (Å²) in [5.74, 6) is 0.731. The van der Waals surface area contributed by atoms with Gasteiger partial charge in [0.15, 0.2) is 0 Å². The first-order valence-electron chi connectivity index (χ1n) is 9.72. The van der Waals surface area contributed by atoms with Crippen LogP contribution in [-0.4, -0.2) is 58.7 Å². The molecule has 0 radical (unpaired) electrons. The van der Waals surface area contributed by atoms with E-state index in [0.717, 1.165) is 50.8 Å². The Labute approximate surface area is 161 Å². The Balaban J connectivity index is 1.58. The van der Waals surface area contributed by atoms with Crippen molar-refractivity contribution in [3.63, 3.8) is 0 Å². The van der Waals surface area contributed by atoms with Crippen molar-refractivity contribution in [3.8, 4) is 11.3 Å². The lowest BCUT2D eigenvalue weighted by molar-refractivity contribution is 0.0524. The number of aromatic nitrogens is 1. The van der Waals surface area contributed by atoms with Gasteiger partial charge in [0.05, 0.1) is 12.2 Å². The van der Waals surface area contributed by atoms with Crippen molar-refractivity contribution in [2.24, 2.45) is 5.92 Å². The number of aliphatic hydroxyl groups is 1. The molecule has 2 heterocycles. The molecular formula is C21H31N3OS. The highest BCUT2D eigenvalue weighted by Gasteiger charge is 2.26. The van der Waals surface area contributed by atoms with Crippen molar-refractivity contribution in [2.45, 2.75) is 39.3 Å². The monoisotopic (exact) mass is 373 g/mol. The molecule has 2 aromatic rings. The van der Waals surface area contributed by atoms with Crippen molar-refractivity contribution in [1.29, 1.82) is 0 Å². The molecule has 0 aliphatic carbocycles. The fraction of sp³-hybridized carbons (Fsp3) is 0.571. The molecular weight excluding hydrogens is 342 g/mol. The minimum Gasteiger partial charge on any atom is -0.396 e. The molecule has 0 amide bonds. The molecule has 1 aliphatic rings. The van der Waals surface area contributed by atoms with Gasteiger partial charge in [-0.2, -0.15) is 0 Å². The highest BCUT2D eigenvalue weighted by Crippen LogP contribution is 2.23. The summed E-state index contributed by atoms with van der Waals surface area (Å²) in [6, 6.07) is 10.8. The molecule has 0 unspecified atom stereocenters. The predicted octanol–water partition coefficient (Wildman–Crippen LogP) is 3.72. The third kappa shape index (κ3) is 5.36. The van der Waals surface area contributed by atoms with Crippen molar-refractivity contribution in [3.05, 3.63) is 40.7 Å². The van der Waals surface area contributed by atoms with Gasteiger partial charge in [0.2, 0.25) is 0 Å². The van der Waals surface area contributed by atoms with Crippen LogP contribution in [0.15, 0.2) is 35.7 Å². The number of rotatable bonds is 8. The van der Waals surface area contributed by atoms with Gasteiger partial charge in [-0.05, 0) is 25.3 Å². The highest BCUT2D eigenvalue weighted by molar-refractivity contribution is 7.09. The maximum Gasteiger partial charge on any atom is 0.107 e. The summed E-state index contributed by atoms with van der Waals surface area (Å²) in [7, 11) is 0. The van der Waals surface area contributed by atoms with E-state index in [-0.39, 0.29) is 6.61 Å². The van der Waals surface area contributed by atoms with Crippen LogP contribution in [0.5, 0.6) is 0 Å². The zero-order valence-electron chi connectivity index (χ0n) is 16.0. The van der Waals surface area contributed by atoms with Crippen molar-refractivity contribution in [2.75, 3.05) is 32.8 Å². The quantitative estimate of drug-likeness (QED) is 0.765. The fourth-order valence-electron chi connectivity index (χ4n) is 3.56. The normalized spacial score (nSPS) is 19.3. The Morgan fingerprint density at radius 2 is 2.04 bits per heavy atom. The summed E-state index contributed by atoms with van der Waals surface area (Å²) in [6.07, 6.45) is 2.09. The number of piperazine rings is 1. The van der Waals surface area contributed by atoms with E-state index in [1.165, 1.54) is 17.0 Å². The van der Waals surface area contributed by atoms with Gasteiger partial charge in [-0.3, -0.25) is 9.80 Å². The first-order chi connectivity index (χ1) is 12.7. The molecule has 0 saturated carbocycles. The van der Waals surface area contributed by atoms with E-state index in [4.69, 9.17) is 4.98 Å². The van der Waals surface area contributed by atoms with Gasteiger partial charge in [-0.15, -0.1) is 11.3 Å². The Kier molecular flexibility index (Phi) is 7.20. The van der Waals surface area contributed by atoms with Gasteiger partial charge >= 0.3 is 0 Å². The summed E-state index contributed by atoms with van der Waals surface area (Å²) in [6.45, 7) is 10.1. The van der Waals surface area contributed by atoms with E-state index in [1.807, 2.05) is 6.07 Å². The van der Waals surface area contributed by atoms with E-state index in [1.54, 1.807) is 11.3 Å². The molecule has 0 spiro atoms. The SMILES string of the molecule is CC(C)CCN1CCN(Cc2nc(-c3ccccc3)cs2)C[C@H]1CCO. The van der Waals surface area contributed by atoms with E-state index in [2.05, 4.69) is 53.3 Å². The first-order valence-corrected chi connectivity index (χ1v) is 10.6. The van der Waals surface area contributed by atoms with Gasteiger partial charge in [0, 0.05) is 43.2 Å². The van der Waals surface area contributed by atoms with E-state index in [9.17, 15) is 5.11 Å². The topological polar surface area (TPSA) is 39.6 Å². The van der Waals surface area contributed by atoms with Crippen molar-refractivity contribution < 1.29 is 5.11 Å². The number of benzene rings is 1. The lowest BCUT2D eigenvalue weighted by atomic mass is 10.1.